The Bertz CT molecular complexity index is 230. The molecule has 72 valence electrons. The third-order valence-electron chi connectivity index (χ3n) is 2.37. The van der Waals surface area contributed by atoms with Crippen molar-refractivity contribution < 1.29 is 4.79 Å². The Kier molecular flexibility index (Phi) is 3.30. The number of likely N-dealkylation sites (tertiary alicyclic amines) is 1. The van der Waals surface area contributed by atoms with Crippen molar-refractivity contribution in [3.05, 3.63) is 0 Å². The van der Waals surface area contributed by atoms with E-state index in [1.165, 1.54) is 0 Å². The summed E-state index contributed by atoms with van der Waals surface area (Å²) < 4.78 is 0. The molecule has 0 N–H and O–H groups in total. The minimum Gasteiger partial charge on any atom is -0.341 e. The fourth-order valence-corrected chi connectivity index (χ4v) is 1.49. The van der Waals surface area contributed by atoms with Gasteiger partial charge in [-0.05, 0) is 12.3 Å². The summed E-state index contributed by atoms with van der Waals surface area (Å²) in [4.78, 5) is 13.1. The van der Waals surface area contributed by atoms with Gasteiger partial charge in [-0.1, -0.05) is 13.8 Å². The van der Waals surface area contributed by atoms with Crippen molar-refractivity contribution in [2.75, 3.05) is 13.1 Å². The van der Waals surface area contributed by atoms with Gasteiger partial charge in [0.2, 0.25) is 5.91 Å². The molecule has 0 bridgehead atoms. The Morgan fingerprint density at radius 3 is 2.85 bits per heavy atom. The van der Waals surface area contributed by atoms with Gasteiger partial charge >= 0.3 is 0 Å². The Labute approximate surface area is 79.3 Å². The summed E-state index contributed by atoms with van der Waals surface area (Å²) in [6.45, 7) is 5.74. The molecule has 0 aromatic heterocycles. The van der Waals surface area contributed by atoms with E-state index in [1.807, 2.05) is 4.90 Å². The normalized spacial score (nSPS) is 22.5. The summed E-state index contributed by atoms with van der Waals surface area (Å²) >= 11 is 0. The number of amides is 1. The zero-order chi connectivity index (χ0) is 9.84. The van der Waals surface area contributed by atoms with Crippen molar-refractivity contribution in [3.63, 3.8) is 0 Å². The van der Waals surface area contributed by atoms with E-state index in [1.54, 1.807) is 0 Å². The molecule has 0 aliphatic carbocycles. The summed E-state index contributed by atoms with van der Waals surface area (Å²) in [5, 5.41) is 8.65. The smallest absolute Gasteiger partial charge is 0.224 e. The first-order chi connectivity index (χ1) is 6.13. The largest absolute Gasteiger partial charge is 0.341 e. The molecule has 1 heterocycles. The number of carbonyl (C=O) groups is 1. The van der Waals surface area contributed by atoms with Crippen LogP contribution >= 0.6 is 0 Å². The van der Waals surface area contributed by atoms with Crippen molar-refractivity contribution in [3.8, 4) is 6.07 Å². The molecule has 0 spiro atoms. The van der Waals surface area contributed by atoms with Crippen molar-refractivity contribution in [1.82, 2.24) is 4.90 Å². The molecule has 0 aromatic carbocycles. The van der Waals surface area contributed by atoms with Crippen LogP contribution in [0.1, 0.15) is 26.7 Å². The van der Waals surface area contributed by atoms with Crippen LogP contribution in [-0.2, 0) is 4.79 Å². The number of nitriles is 1. The van der Waals surface area contributed by atoms with Crippen molar-refractivity contribution in [2.45, 2.75) is 26.7 Å². The highest BCUT2D eigenvalue weighted by molar-refractivity contribution is 5.79. The topological polar surface area (TPSA) is 44.1 Å². The molecule has 1 atom stereocenters. The number of carbonyl (C=O) groups excluding carboxylic acids is 1. The minimum absolute atomic E-state index is 0.0698. The summed E-state index contributed by atoms with van der Waals surface area (Å²) in [6.07, 6.45) is 1.46. The second kappa shape index (κ2) is 4.27. The fourth-order valence-electron chi connectivity index (χ4n) is 1.49. The first kappa shape index (κ1) is 10.0. The van der Waals surface area contributed by atoms with Crippen LogP contribution in [0, 0.1) is 23.2 Å². The molecule has 3 heteroatoms. The SMILES string of the molecule is CC(C)CCN1CC(C#N)CC1=O. The van der Waals surface area contributed by atoms with Gasteiger partial charge in [-0.25, -0.2) is 0 Å². The zero-order valence-electron chi connectivity index (χ0n) is 8.29. The molecule has 1 fully saturated rings. The summed E-state index contributed by atoms with van der Waals surface area (Å²) in [6, 6.07) is 2.15. The minimum atomic E-state index is -0.0698. The van der Waals surface area contributed by atoms with Crippen LogP contribution in [0.3, 0.4) is 0 Å². The molecule has 1 aliphatic rings. The van der Waals surface area contributed by atoms with Gasteiger partial charge in [-0.3, -0.25) is 4.79 Å². The molecular weight excluding hydrogens is 164 g/mol. The van der Waals surface area contributed by atoms with Crippen molar-refractivity contribution in [2.24, 2.45) is 11.8 Å². The monoisotopic (exact) mass is 180 g/mol. The zero-order valence-corrected chi connectivity index (χ0v) is 8.29. The van der Waals surface area contributed by atoms with Crippen LogP contribution in [0.4, 0.5) is 0 Å². The Morgan fingerprint density at radius 1 is 1.69 bits per heavy atom. The van der Waals surface area contributed by atoms with Gasteiger partial charge < -0.3 is 4.90 Å². The molecule has 0 radical (unpaired) electrons. The maximum atomic E-state index is 11.3. The van der Waals surface area contributed by atoms with E-state index in [9.17, 15) is 4.79 Å². The molecule has 1 saturated heterocycles. The quantitative estimate of drug-likeness (QED) is 0.659. The van der Waals surface area contributed by atoms with Crippen LogP contribution in [0.25, 0.3) is 0 Å². The van der Waals surface area contributed by atoms with Gasteiger partial charge in [0.1, 0.15) is 0 Å². The molecule has 1 rings (SSSR count). The van der Waals surface area contributed by atoms with Crippen molar-refractivity contribution >= 4 is 5.91 Å². The van der Waals surface area contributed by atoms with Gasteiger partial charge in [0.25, 0.3) is 0 Å². The molecule has 13 heavy (non-hydrogen) atoms. The van der Waals surface area contributed by atoms with Gasteiger partial charge in [-0.2, -0.15) is 5.26 Å². The first-order valence-corrected chi connectivity index (χ1v) is 4.81. The van der Waals surface area contributed by atoms with Crippen LogP contribution in [0.2, 0.25) is 0 Å². The number of rotatable bonds is 3. The van der Waals surface area contributed by atoms with E-state index in [0.29, 0.717) is 18.9 Å². The predicted octanol–water partition coefficient (Wildman–Crippen LogP) is 1.40. The standard InChI is InChI=1S/C10H16N2O/c1-8(2)3-4-12-7-9(6-11)5-10(12)13/h8-9H,3-5,7H2,1-2H3. The van der Waals surface area contributed by atoms with E-state index >= 15 is 0 Å². The lowest BCUT2D eigenvalue weighted by Gasteiger charge is -2.16. The van der Waals surface area contributed by atoms with Crippen LogP contribution in [0.15, 0.2) is 0 Å². The highest BCUT2D eigenvalue weighted by Crippen LogP contribution is 2.17. The van der Waals surface area contributed by atoms with E-state index in [-0.39, 0.29) is 11.8 Å². The van der Waals surface area contributed by atoms with E-state index in [4.69, 9.17) is 5.26 Å². The fraction of sp³-hybridized carbons (Fsp3) is 0.800. The second-order valence-electron chi connectivity index (χ2n) is 4.05. The molecule has 1 aliphatic heterocycles. The lowest BCUT2D eigenvalue weighted by atomic mass is 10.1. The highest BCUT2D eigenvalue weighted by Gasteiger charge is 2.28. The lowest BCUT2D eigenvalue weighted by molar-refractivity contribution is -0.127. The van der Waals surface area contributed by atoms with Crippen LogP contribution in [-0.4, -0.2) is 23.9 Å². The third-order valence-corrected chi connectivity index (χ3v) is 2.37. The average Bonchev–Trinajstić information content (AvgIpc) is 2.43. The van der Waals surface area contributed by atoms with Crippen LogP contribution in [0.5, 0.6) is 0 Å². The van der Waals surface area contributed by atoms with E-state index in [2.05, 4.69) is 19.9 Å². The predicted molar refractivity (Wildman–Crippen MR) is 49.8 cm³/mol. The molecule has 1 amide bonds. The van der Waals surface area contributed by atoms with Crippen molar-refractivity contribution in [1.29, 1.82) is 5.26 Å². The average molecular weight is 180 g/mol. The van der Waals surface area contributed by atoms with Gasteiger partial charge in [0.05, 0.1) is 12.0 Å². The molecule has 0 saturated carbocycles. The summed E-state index contributed by atoms with van der Waals surface area (Å²) in [5.41, 5.74) is 0. The molecule has 1 unspecified atom stereocenters. The van der Waals surface area contributed by atoms with Gasteiger partial charge in [-0.15, -0.1) is 0 Å². The Balaban J connectivity index is 2.36. The number of hydrogen-bond donors (Lipinski definition) is 0. The van der Waals surface area contributed by atoms with E-state index in [0.717, 1.165) is 13.0 Å². The van der Waals surface area contributed by atoms with Gasteiger partial charge in [0.15, 0.2) is 0 Å². The summed E-state index contributed by atoms with van der Waals surface area (Å²) in [5.74, 6) is 0.695. The highest BCUT2D eigenvalue weighted by atomic mass is 16.2. The Hall–Kier alpha value is -1.04. The molecule has 0 aromatic rings. The molecular formula is C10H16N2O. The number of nitrogens with zero attached hydrogens (tertiary/aromatic N) is 2. The van der Waals surface area contributed by atoms with E-state index < -0.39 is 0 Å². The number of hydrogen-bond acceptors (Lipinski definition) is 2. The Morgan fingerprint density at radius 2 is 2.38 bits per heavy atom. The van der Waals surface area contributed by atoms with Crippen LogP contribution < -0.4 is 0 Å². The maximum Gasteiger partial charge on any atom is 0.224 e. The molecule has 3 nitrogen and oxygen atoms in total. The maximum absolute atomic E-state index is 11.3. The second-order valence-corrected chi connectivity index (χ2v) is 4.05. The third kappa shape index (κ3) is 2.73. The lowest BCUT2D eigenvalue weighted by Crippen LogP contribution is -2.27. The summed E-state index contributed by atoms with van der Waals surface area (Å²) in [7, 11) is 0. The first-order valence-electron chi connectivity index (χ1n) is 4.81. The van der Waals surface area contributed by atoms with Gasteiger partial charge in [0, 0.05) is 19.5 Å².